The predicted octanol–water partition coefficient (Wildman–Crippen LogP) is 7.91. The van der Waals surface area contributed by atoms with Crippen molar-refractivity contribution in [3.05, 3.63) is 83.4 Å². The highest BCUT2D eigenvalue weighted by Gasteiger charge is 2.50. The molecule has 7 heteroatoms. The molecule has 4 aromatic rings. The Hall–Kier alpha value is -3.51. The number of carboxylic acid groups (broad SMARTS) is 1. The largest absolute Gasteiger partial charge is 0.465 e. The first-order valence-electron chi connectivity index (χ1n) is 12.0. The molecule has 2 heterocycles. The van der Waals surface area contributed by atoms with Crippen molar-refractivity contribution in [1.29, 1.82) is 0 Å². The van der Waals surface area contributed by atoms with Crippen molar-refractivity contribution in [2.45, 2.75) is 51.1 Å². The van der Waals surface area contributed by atoms with Gasteiger partial charge in [0, 0.05) is 28.2 Å². The van der Waals surface area contributed by atoms with Gasteiger partial charge in [-0.05, 0) is 75.4 Å². The molecular formula is C29H27ClFN3O2. The quantitative estimate of drug-likeness (QED) is 0.287. The Kier molecular flexibility index (Phi) is 5.95. The van der Waals surface area contributed by atoms with Crippen LogP contribution >= 0.6 is 11.6 Å². The van der Waals surface area contributed by atoms with Crippen molar-refractivity contribution in [3.63, 3.8) is 0 Å². The highest BCUT2D eigenvalue weighted by atomic mass is 35.5. The normalized spacial score (nSPS) is 14.9. The van der Waals surface area contributed by atoms with Gasteiger partial charge in [0.25, 0.3) is 0 Å². The lowest BCUT2D eigenvalue weighted by Crippen LogP contribution is -2.60. The summed E-state index contributed by atoms with van der Waals surface area (Å²) in [5.41, 5.74) is 3.84. The minimum atomic E-state index is -0.911. The van der Waals surface area contributed by atoms with Crippen LogP contribution in [0.2, 0.25) is 5.15 Å². The number of hydrogen-bond acceptors (Lipinski definition) is 3. The van der Waals surface area contributed by atoms with Crippen molar-refractivity contribution in [2.75, 3.05) is 0 Å². The average molecular weight is 504 g/mol. The van der Waals surface area contributed by atoms with Crippen molar-refractivity contribution in [2.24, 2.45) is 0 Å². The van der Waals surface area contributed by atoms with Gasteiger partial charge in [0.05, 0.1) is 16.7 Å². The Morgan fingerprint density at radius 1 is 1.03 bits per heavy atom. The van der Waals surface area contributed by atoms with Crippen LogP contribution in [0.4, 0.5) is 9.18 Å². The zero-order valence-corrected chi connectivity index (χ0v) is 21.2. The summed E-state index contributed by atoms with van der Waals surface area (Å²) < 4.78 is 13.7. The zero-order valence-electron chi connectivity index (χ0n) is 20.4. The summed E-state index contributed by atoms with van der Waals surface area (Å²) in [4.78, 5) is 23.0. The Bertz CT molecular complexity index is 1440. The van der Waals surface area contributed by atoms with E-state index in [9.17, 15) is 14.3 Å². The fraction of sp³-hybridized carbons (Fsp3) is 0.276. The molecule has 1 aliphatic carbocycles. The van der Waals surface area contributed by atoms with Crippen LogP contribution in [-0.4, -0.2) is 31.6 Å². The average Bonchev–Trinajstić information content (AvgIpc) is 2.80. The third-order valence-corrected chi connectivity index (χ3v) is 7.32. The topological polar surface area (TPSA) is 66.3 Å². The first kappa shape index (κ1) is 24.2. The molecular weight excluding hydrogens is 477 g/mol. The number of amides is 1. The molecule has 0 radical (unpaired) electrons. The molecule has 5 rings (SSSR count). The van der Waals surface area contributed by atoms with Crippen LogP contribution in [0.1, 0.15) is 45.6 Å². The van der Waals surface area contributed by atoms with E-state index in [2.05, 4.69) is 4.98 Å². The third-order valence-electron chi connectivity index (χ3n) is 7.02. The second kappa shape index (κ2) is 8.86. The third kappa shape index (κ3) is 4.09. The summed E-state index contributed by atoms with van der Waals surface area (Å²) >= 11 is 6.36. The van der Waals surface area contributed by atoms with Gasteiger partial charge in [-0.2, -0.15) is 0 Å². The first-order chi connectivity index (χ1) is 17.1. The number of carbonyl (C=O) groups is 1. The molecule has 0 atom stereocenters. The number of rotatable bonds is 4. The standard InChI is InChI=1S/C29H27ClFN3O2/c1-28(2,3)34(27(35)36)29(14-4-15-29)20-9-5-19(6-10-20)25-22(18-7-11-21(31)12-8-18)17-23-24(33-25)13-16-32-26(23)30/h5-13,16-17H,4,14-15H2,1-3H3,(H,35,36). The fourth-order valence-electron chi connectivity index (χ4n) is 5.34. The highest BCUT2D eigenvalue weighted by Crippen LogP contribution is 2.50. The Balaban J connectivity index is 1.64. The molecule has 5 nitrogen and oxygen atoms in total. The van der Waals surface area contributed by atoms with Crippen LogP contribution in [0, 0.1) is 5.82 Å². The molecule has 2 aromatic carbocycles. The monoisotopic (exact) mass is 503 g/mol. The van der Waals surface area contributed by atoms with E-state index in [1.165, 1.54) is 12.1 Å². The van der Waals surface area contributed by atoms with E-state index >= 15 is 0 Å². The number of benzene rings is 2. The summed E-state index contributed by atoms with van der Waals surface area (Å²) in [5.74, 6) is -0.314. The molecule has 0 aliphatic heterocycles. The van der Waals surface area contributed by atoms with Crippen molar-refractivity contribution >= 4 is 28.6 Å². The van der Waals surface area contributed by atoms with Gasteiger partial charge in [0.2, 0.25) is 0 Å². The number of aromatic nitrogens is 2. The molecule has 2 aromatic heterocycles. The van der Waals surface area contributed by atoms with E-state index in [4.69, 9.17) is 16.6 Å². The molecule has 36 heavy (non-hydrogen) atoms. The Labute approximate surface area is 214 Å². The molecule has 1 saturated carbocycles. The van der Waals surface area contributed by atoms with Crippen LogP contribution in [-0.2, 0) is 5.54 Å². The maximum Gasteiger partial charge on any atom is 0.408 e. The zero-order chi connectivity index (χ0) is 25.7. The maximum atomic E-state index is 13.7. The van der Waals surface area contributed by atoms with Gasteiger partial charge in [-0.1, -0.05) is 48.0 Å². The molecule has 184 valence electrons. The van der Waals surface area contributed by atoms with Gasteiger partial charge in [-0.3, -0.25) is 4.90 Å². The van der Waals surface area contributed by atoms with E-state index in [1.807, 2.05) is 57.2 Å². The minimum Gasteiger partial charge on any atom is -0.465 e. The Morgan fingerprint density at radius 2 is 1.67 bits per heavy atom. The second-order valence-electron chi connectivity index (χ2n) is 10.3. The van der Waals surface area contributed by atoms with Gasteiger partial charge in [0.1, 0.15) is 11.0 Å². The van der Waals surface area contributed by atoms with Gasteiger partial charge in [-0.25, -0.2) is 19.2 Å². The number of hydrogen-bond donors (Lipinski definition) is 1. The van der Waals surface area contributed by atoms with Gasteiger partial charge < -0.3 is 5.11 Å². The SMILES string of the molecule is CC(C)(C)N(C(=O)O)C1(c2ccc(-c3nc4ccnc(Cl)c4cc3-c3ccc(F)cc3)cc2)CCC1. The highest BCUT2D eigenvalue weighted by molar-refractivity contribution is 6.34. The van der Waals surface area contributed by atoms with Crippen LogP contribution in [0.3, 0.4) is 0 Å². The van der Waals surface area contributed by atoms with Crippen LogP contribution < -0.4 is 0 Å². The van der Waals surface area contributed by atoms with E-state index in [0.717, 1.165) is 52.6 Å². The van der Waals surface area contributed by atoms with Gasteiger partial charge in [0.15, 0.2) is 0 Å². The van der Waals surface area contributed by atoms with Gasteiger partial charge >= 0.3 is 6.09 Å². The van der Waals surface area contributed by atoms with Crippen molar-refractivity contribution < 1.29 is 14.3 Å². The smallest absolute Gasteiger partial charge is 0.408 e. The molecule has 0 bridgehead atoms. The number of halogens is 2. The molecule has 0 spiro atoms. The number of pyridine rings is 2. The summed E-state index contributed by atoms with van der Waals surface area (Å²) in [6.07, 6.45) is 3.27. The van der Waals surface area contributed by atoms with Crippen LogP contribution in [0.15, 0.2) is 66.9 Å². The van der Waals surface area contributed by atoms with Crippen LogP contribution in [0.5, 0.6) is 0 Å². The lowest BCUT2D eigenvalue weighted by molar-refractivity contribution is -0.0328. The van der Waals surface area contributed by atoms with E-state index in [0.29, 0.717) is 10.7 Å². The van der Waals surface area contributed by atoms with Gasteiger partial charge in [-0.15, -0.1) is 0 Å². The summed E-state index contributed by atoms with van der Waals surface area (Å²) in [6, 6.07) is 18.0. The molecule has 1 N–H and O–H groups in total. The molecule has 0 unspecified atom stereocenters. The van der Waals surface area contributed by atoms with Crippen molar-refractivity contribution in [3.8, 4) is 22.4 Å². The maximum absolute atomic E-state index is 13.7. The van der Waals surface area contributed by atoms with E-state index in [1.54, 1.807) is 23.2 Å². The lowest BCUT2D eigenvalue weighted by atomic mass is 9.69. The fourth-order valence-corrected chi connectivity index (χ4v) is 5.54. The minimum absolute atomic E-state index is 0.314. The molecule has 1 fully saturated rings. The first-order valence-corrected chi connectivity index (χ1v) is 12.3. The lowest BCUT2D eigenvalue weighted by Gasteiger charge is -2.54. The van der Waals surface area contributed by atoms with Crippen LogP contribution in [0.25, 0.3) is 33.3 Å². The number of nitrogens with zero attached hydrogens (tertiary/aromatic N) is 3. The number of fused-ring (bicyclic) bond motifs is 1. The van der Waals surface area contributed by atoms with E-state index < -0.39 is 17.2 Å². The summed E-state index contributed by atoms with van der Waals surface area (Å²) in [6.45, 7) is 5.80. The Morgan fingerprint density at radius 3 is 2.22 bits per heavy atom. The second-order valence-corrected chi connectivity index (χ2v) is 10.7. The molecule has 1 amide bonds. The van der Waals surface area contributed by atoms with E-state index in [-0.39, 0.29) is 5.82 Å². The molecule has 0 saturated heterocycles. The predicted molar refractivity (Wildman–Crippen MR) is 141 cm³/mol. The molecule has 1 aliphatic rings. The summed E-state index contributed by atoms with van der Waals surface area (Å²) in [7, 11) is 0. The van der Waals surface area contributed by atoms with Crippen molar-refractivity contribution in [1.82, 2.24) is 14.9 Å². The summed E-state index contributed by atoms with van der Waals surface area (Å²) in [5, 5.41) is 11.2.